The third-order valence-corrected chi connectivity index (χ3v) is 2.73. The minimum atomic E-state index is 0.880. The lowest BCUT2D eigenvalue weighted by Crippen LogP contribution is -1.89. The highest BCUT2D eigenvalue weighted by Gasteiger charge is 2.12. The second-order valence-electron chi connectivity index (χ2n) is 4.02. The summed E-state index contributed by atoms with van der Waals surface area (Å²) >= 11 is 0. The molecule has 0 unspecified atom stereocenters. The molecule has 0 aliphatic rings. The van der Waals surface area contributed by atoms with Gasteiger partial charge in [0.15, 0.2) is 0 Å². The molecule has 0 radical (unpaired) electrons. The Bertz CT molecular complexity index is 587. The molecule has 0 fully saturated rings. The summed E-state index contributed by atoms with van der Waals surface area (Å²) < 4.78 is 1.81. The van der Waals surface area contributed by atoms with Crippen LogP contribution >= 0.6 is 0 Å². The molecule has 0 amide bonds. The molecule has 3 rings (SSSR count). The van der Waals surface area contributed by atoms with E-state index >= 15 is 0 Å². The molecule has 0 saturated carbocycles. The average Bonchev–Trinajstić information content (AvgIpc) is 2.83. The van der Waals surface area contributed by atoms with E-state index in [-0.39, 0.29) is 0 Å². The van der Waals surface area contributed by atoms with Gasteiger partial charge in [0, 0.05) is 37.4 Å². The van der Waals surface area contributed by atoms with E-state index < -0.39 is 0 Å². The van der Waals surface area contributed by atoms with Gasteiger partial charge in [-0.3, -0.25) is 14.6 Å². The summed E-state index contributed by atoms with van der Waals surface area (Å²) in [5, 5.41) is 4.49. The van der Waals surface area contributed by atoms with Gasteiger partial charge in [-0.05, 0) is 29.8 Å². The fourth-order valence-corrected chi connectivity index (χ4v) is 1.92. The van der Waals surface area contributed by atoms with Crippen LogP contribution in [0.25, 0.3) is 22.5 Å². The molecule has 3 aromatic rings. The smallest absolute Gasteiger partial charge is 0.118 e. The minimum absolute atomic E-state index is 0.880. The molecule has 0 aromatic carbocycles. The molecule has 18 heavy (non-hydrogen) atoms. The Morgan fingerprint density at radius 2 is 1.83 bits per heavy atom. The quantitative estimate of drug-likeness (QED) is 0.686. The van der Waals surface area contributed by atoms with E-state index in [1.165, 1.54) is 0 Å². The van der Waals surface area contributed by atoms with Crippen molar-refractivity contribution in [3.8, 4) is 22.5 Å². The van der Waals surface area contributed by atoms with E-state index in [1.807, 2.05) is 43.6 Å². The van der Waals surface area contributed by atoms with Gasteiger partial charge in [0.25, 0.3) is 0 Å². The molecule has 0 N–H and O–H groups in total. The summed E-state index contributed by atoms with van der Waals surface area (Å²) in [7, 11) is 1.91. The standard InChI is InChI=1S/C14H12N4/c1-18-10-12(11-5-8-15-9-6-11)14(17-18)13-4-2-3-7-16-13/h2-10H,1H3. The van der Waals surface area contributed by atoms with Gasteiger partial charge < -0.3 is 0 Å². The maximum absolute atomic E-state index is 4.49. The molecule has 0 saturated heterocycles. The first-order valence-corrected chi connectivity index (χ1v) is 5.70. The van der Waals surface area contributed by atoms with Crippen LogP contribution in [0.5, 0.6) is 0 Å². The fraction of sp³-hybridized carbons (Fsp3) is 0.0714. The molecule has 0 spiro atoms. The van der Waals surface area contributed by atoms with Gasteiger partial charge in [0.2, 0.25) is 0 Å². The number of hydrogen-bond acceptors (Lipinski definition) is 3. The molecular formula is C14H12N4. The van der Waals surface area contributed by atoms with Crippen LogP contribution in [0.15, 0.2) is 55.1 Å². The van der Waals surface area contributed by atoms with Crippen LogP contribution in [0.1, 0.15) is 0 Å². The first-order valence-electron chi connectivity index (χ1n) is 5.70. The number of aromatic nitrogens is 4. The van der Waals surface area contributed by atoms with Gasteiger partial charge in [0.1, 0.15) is 5.69 Å². The Labute approximate surface area is 105 Å². The lowest BCUT2D eigenvalue weighted by atomic mass is 10.1. The predicted molar refractivity (Wildman–Crippen MR) is 69.7 cm³/mol. The van der Waals surface area contributed by atoms with Crippen molar-refractivity contribution in [2.45, 2.75) is 0 Å². The van der Waals surface area contributed by atoms with Crippen LogP contribution in [0, 0.1) is 0 Å². The Morgan fingerprint density at radius 1 is 1.00 bits per heavy atom. The van der Waals surface area contributed by atoms with E-state index in [4.69, 9.17) is 0 Å². The number of hydrogen-bond donors (Lipinski definition) is 0. The van der Waals surface area contributed by atoms with Crippen molar-refractivity contribution >= 4 is 0 Å². The van der Waals surface area contributed by atoms with Crippen LogP contribution < -0.4 is 0 Å². The largest absolute Gasteiger partial charge is 0.274 e. The molecule has 3 aromatic heterocycles. The van der Waals surface area contributed by atoms with Crippen LogP contribution in [0.3, 0.4) is 0 Å². The van der Waals surface area contributed by atoms with Crippen LogP contribution in [-0.4, -0.2) is 19.7 Å². The zero-order valence-corrected chi connectivity index (χ0v) is 9.99. The minimum Gasteiger partial charge on any atom is -0.274 e. The second kappa shape index (κ2) is 4.41. The van der Waals surface area contributed by atoms with Gasteiger partial charge in [0.05, 0.1) is 5.69 Å². The highest BCUT2D eigenvalue weighted by Crippen LogP contribution is 2.28. The molecule has 4 heteroatoms. The molecule has 0 aliphatic heterocycles. The normalized spacial score (nSPS) is 10.5. The summed E-state index contributed by atoms with van der Waals surface area (Å²) in [6, 6.07) is 9.78. The van der Waals surface area contributed by atoms with Crippen molar-refractivity contribution in [1.29, 1.82) is 0 Å². The summed E-state index contributed by atoms with van der Waals surface area (Å²) in [6.07, 6.45) is 7.34. The van der Waals surface area contributed by atoms with E-state index in [2.05, 4.69) is 15.1 Å². The van der Waals surface area contributed by atoms with E-state index in [0.29, 0.717) is 0 Å². The lowest BCUT2D eigenvalue weighted by Gasteiger charge is -2.01. The van der Waals surface area contributed by atoms with Crippen LogP contribution in [0.4, 0.5) is 0 Å². The monoisotopic (exact) mass is 236 g/mol. The summed E-state index contributed by atoms with van der Waals surface area (Å²) in [5.74, 6) is 0. The highest BCUT2D eigenvalue weighted by atomic mass is 15.3. The molecule has 0 bridgehead atoms. The van der Waals surface area contributed by atoms with Crippen molar-refractivity contribution in [3.63, 3.8) is 0 Å². The van der Waals surface area contributed by atoms with Crippen molar-refractivity contribution in [2.24, 2.45) is 7.05 Å². The van der Waals surface area contributed by atoms with Crippen molar-refractivity contribution < 1.29 is 0 Å². The zero-order chi connectivity index (χ0) is 12.4. The second-order valence-corrected chi connectivity index (χ2v) is 4.02. The van der Waals surface area contributed by atoms with Crippen molar-refractivity contribution in [1.82, 2.24) is 19.7 Å². The molecule has 0 atom stereocenters. The van der Waals surface area contributed by atoms with Gasteiger partial charge in [-0.1, -0.05) is 6.07 Å². The average molecular weight is 236 g/mol. The SMILES string of the molecule is Cn1cc(-c2ccncc2)c(-c2ccccn2)n1. The molecule has 0 aliphatic carbocycles. The highest BCUT2D eigenvalue weighted by molar-refractivity contribution is 5.78. The predicted octanol–water partition coefficient (Wildman–Crippen LogP) is 2.54. The van der Waals surface area contributed by atoms with Crippen molar-refractivity contribution in [2.75, 3.05) is 0 Å². The van der Waals surface area contributed by atoms with Gasteiger partial charge in [-0.15, -0.1) is 0 Å². The van der Waals surface area contributed by atoms with Gasteiger partial charge in [-0.2, -0.15) is 5.10 Å². The number of rotatable bonds is 2. The Balaban J connectivity index is 2.17. The maximum Gasteiger partial charge on any atom is 0.118 e. The van der Waals surface area contributed by atoms with Crippen LogP contribution in [-0.2, 0) is 7.05 Å². The van der Waals surface area contributed by atoms with Gasteiger partial charge >= 0.3 is 0 Å². The molecule has 3 heterocycles. The van der Waals surface area contributed by atoms with E-state index in [1.54, 1.807) is 23.3 Å². The molecular weight excluding hydrogens is 224 g/mol. The van der Waals surface area contributed by atoms with E-state index in [0.717, 1.165) is 22.5 Å². The number of nitrogens with zero attached hydrogens (tertiary/aromatic N) is 4. The molecule has 88 valence electrons. The van der Waals surface area contributed by atoms with Gasteiger partial charge in [-0.25, -0.2) is 0 Å². The topological polar surface area (TPSA) is 43.6 Å². The first kappa shape index (κ1) is 10.7. The third kappa shape index (κ3) is 1.88. The number of aryl methyl sites for hydroxylation is 1. The Morgan fingerprint density at radius 3 is 2.56 bits per heavy atom. The molecule has 4 nitrogen and oxygen atoms in total. The van der Waals surface area contributed by atoms with E-state index in [9.17, 15) is 0 Å². The summed E-state index contributed by atoms with van der Waals surface area (Å²) in [4.78, 5) is 8.39. The summed E-state index contributed by atoms with van der Waals surface area (Å²) in [5.41, 5.74) is 3.94. The Kier molecular flexibility index (Phi) is 2.61. The number of pyridine rings is 2. The maximum atomic E-state index is 4.49. The third-order valence-electron chi connectivity index (χ3n) is 2.73. The first-order chi connectivity index (χ1) is 8.84. The lowest BCUT2D eigenvalue weighted by molar-refractivity contribution is 0.770. The summed E-state index contributed by atoms with van der Waals surface area (Å²) in [6.45, 7) is 0. The zero-order valence-electron chi connectivity index (χ0n) is 9.99. The van der Waals surface area contributed by atoms with Crippen LogP contribution in [0.2, 0.25) is 0 Å². The Hall–Kier alpha value is -2.49. The fourth-order valence-electron chi connectivity index (χ4n) is 1.92. The van der Waals surface area contributed by atoms with Crippen molar-refractivity contribution in [3.05, 3.63) is 55.1 Å².